The van der Waals surface area contributed by atoms with Crippen LogP contribution in [0.3, 0.4) is 0 Å². The molecular weight excluding hydrogens is 451 g/mol. The van der Waals surface area contributed by atoms with Crippen molar-refractivity contribution in [3.05, 3.63) is 34.6 Å². The van der Waals surface area contributed by atoms with Gasteiger partial charge in [0.25, 0.3) is 5.91 Å². The van der Waals surface area contributed by atoms with Crippen LogP contribution in [0, 0.1) is 11.7 Å². The smallest absolute Gasteiger partial charge is 0.325 e. The molecular formula is C23H30ClFN4O4. The van der Waals surface area contributed by atoms with Gasteiger partial charge in [0.2, 0.25) is 5.91 Å². The van der Waals surface area contributed by atoms with E-state index in [1.807, 2.05) is 0 Å². The van der Waals surface area contributed by atoms with Gasteiger partial charge in [-0.25, -0.2) is 9.18 Å². The summed E-state index contributed by atoms with van der Waals surface area (Å²) in [7, 11) is 0. The van der Waals surface area contributed by atoms with E-state index in [2.05, 4.69) is 10.2 Å². The van der Waals surface area contributed by atoms with Crippen LogP contribution in [0.15, 0.2) is 18.2 Å². The van der Waals surface area contributed by atoms with E-state index in [1.54, 1.807) is 17.9 Å². The van der Waals surface area contributed by atoms with Crippen molar-refractivity contribution in [2.75, 3.05) is 52.5 Å². The highest BCUT2D eigenvalue weighted by molar-refractivity contribution is 6.31. The Morgan fingerprint density at radius 1 is 1.18 bits per heavy atom. The highest BCUT2D eigenvalue weighted by atomic mass is 35.5. The van der Waals surface area contributed by atoms with Crippen LogP contribution in [-0.2, 0) is 20.7 Å². The maximum Gasteiger partial charge on any atom is 0.325 e. The van der Waals surface area contributed by atoms with Gasteiger partial charge in [0.05, 0.1) is 19.6 Å². The second-order valence-electron chi connectivity index (χ2n) is 9.08. The summed E-state index contributed by atoms with van der Waals surface area (Å²) in [6.45, 7) is 6.58. The number of imide groups is 1. The fraction of sp³-hybridized carbons (Fsp3) is 0.609. The quantitative estimate of drug-likeness (QED) is 0.629. The summed E-state index contributed by atoms with van der Waals surface area (Å²) in [6.07, 6.45) is 1.06. The lowest BCUT2D eigenvalue weighted by Gasteiger charge is -2.39. The first-order valence-electron chi connectivity index (χ1n) is 11.4. The van der Waals surface area contributed by atoms with Crippen LogP contribution < -0.4 is 5.32 Å². The van der Waals surface area contributed by atoms with Crippen molar-refractivity contribution in [2.45, 2.75) is 31.7 Å². The van der Waals surface area contributed by atoms with Crippen molar-refractivity contribution >= 4 is 29.4 Å². The highest BCUT2D eigenvalue weighted by Gasteiger charge is 2.52. The number of morpholine rings is 1. The van der Waals surface area contributed by atoms with Gasteiger partial charge in [-0.05, 0) is 37.8 Å². The number of carbonyl (C=O) groups excluding carboxylic acids is 3. The lowest BCUT2D eigenvalue weighted by Crippen LogP contribution is -2.54. The Labute approximate surface area is 198 Å². The van der Waals surface area contributed by atoms with E-state index < -0.39 is 11.4 Å². The molecule has 1 atom stereocenters. The molecule has 3 heterocycles. The van der Waals surface area contributed by atoms with Crippen LogP contribution >= 0.6 is 11.6 Å². The van der Waals surface area contributed by atoms with Crippen molar-refractivity contribution in [2.24, 2.45) is 5.92 Å². The molecule has 0 unspecified atom stereocenters. The number of amides is 4. The molecule has 8 nitrogen and oxygen atoms in total. The van der Waals surface area contributed by atoms with Gasteiger partial charge in [-0.3, -0.25) is 19.4 Å². The van der Waals surface area contributed by atoms with Crippen LogP contribution in [0.25, 0.3) is 0 Å². The van der Waals surface area contributed by atoms with Gasteiger partial charge in [0.15, 0.2) is 0 Å². The zero-order valence-corrected chi connectivity index (χ0v) is 19.6. The zero-order valence-electron chi connectivity index (χ0n) is 18.8. The highest BCUT2D eigenvalue weighted by Crippen LogP contribution is 2.33. The molecule has 3 saturated heterocycles. The van der Waals surface area contributed by atoms with Gasteiger partial charge in [-0.2, -0.15) is 0 Å². The minimum atomic E-state index is -0.980. The minimum Gasteiger partial charge on any atom is -0.379 e. The lowest BCUT2D eigenvalue weighted by molar-refractivity contribution is -0.135. The number of hydrogen-bond acceptors (Lipinski definition) is 5. The molecule has 0 aromatic heterocycles. The predicted molar refractivity (Wildman–Crippen MR) is 120 cm³/mol. The van der Waals surface area contributed by atoms with Crippen molar-refractivity contribution < 1.29 is 23.5 Å². The summed E-state index contributed by atoms with van der Waals surface area (Å²) in [4.78, 5) is 43.7. The molecule has 3 aliphatic rings. The summed E-state index contributed by atoms with van der Waals surface area (Å²) in [5, 5.41) is 3.15. The molecule has 0 aliphatic carbocycles. The summed E-state index contributed by atoms with van der Waals surface area (Å²) in [6, 6.07) is 4.01. The molecule has 4 rings (SSSR count). The molecule has 1 aromatic carbocycles. The number of halogens is 2. The van der Waals surface area contributed by atoms with E-state index in [4.69, 9.17) is 16.3 Å². The molecule has 180 valence electrons. The van der Waals surface area contributed by atoms with Gasteiger partial charge in [0, 0.05) is 49.9 Å². The number of benzene rings is 1. The number of urea groups is 1. The standard InChI is InChI=1S/C23H30ClFN4O4/c1-23(21(31)29(22(32)26-23)10-9-27-11-13-33-14-12-27)16-5-7-28(8-6-16)20(30)15-17-18(24)3-2-4-19(17)25/h2-4,16H,5-15H2,1H3,(H,26,32)/t23-/m0/s1. The summed E-state index contributed by atoms with van der Waals surface area (Å²) >= 11 is 6.06. The molecule has 0 spiro atoms. The molecule has 0 radical (unpaired) electrons. The Hall–Kier alpha value is -2.23. The number of nitrogens with one attached hydrogen (secondary N) is 1. The number of hydrogen-bond donors (Lipinski definition) is 1. The molecule has 3 fully saturated rings. The number of rotatable bonds is 6. The Kier molecular flexibility index (Phi) is 7.21. The topological polar surface area (TPSA) is 82.2 Å². The Balaban J connectivity index is 1.32. The maximum absolute atomic E-state index is 14.0. The van der Waals surface area contributed by atoms with E-state index in [0.717, 1.165) is 13.1 Å². The number of ether oxygens (including phenoxy) is 1. The van der Waals surface area contributed by atoms with Crippen LogP contribution in [0.2, 0.25) is 5.02 Å². The van der Waals surface area contributed by atoms with E-state index >= 15 is 0 Å². The SMILES string of the molecule is C[C@@]1(C2CCN(C(=O)Cc3c(F)cccc3Cl)CC2)NC(=O)N(CCN2CCOCC2)C1=O. The number of piperidine rings is 1. The molecule has 3 aliphatic heterocycles. The third-order valence-corrected chi connectivity index (χ3v) is 7.45. The van der Waals surface area contributed by atoms with Crippen molar-refractivity contribution in [3.8, 4) is 0 Å². The van der Waals surface area contributed by atoms with Crippen LogP contribution in [0.4, 0.5) is 9.18 Å². The van der Waals surface area contributed by atoms with Gasteiger partial charge in [0.1, 0.15) is 11.4 Å². The van der Waals surface area contributed by atoms with Gasteiger partial charge in [-0.1, -0.05) is 17.7 Å². The third kappa shape index (κ3) is 5.00. The first-order chi connectivity index (χ1) is 15.8. The summed E-state index contributed by atoms with van der Waals surface area (Å²) in [5.41, 5.74) is -0.779. The maximum atomic E-state index is 14.0. The number of nitrogens with zero attached hydrogens (tertiary/aromatic N) is 3. The number of likely N-dealkylation sites (tertiary alicyclic amines) is 1. The number of carbonyl (C=O) groups is 3. The third-order valence-electron chi connectivity index (χ3n) is 7.10. The van der Waals surface area contributed by atoms with E-state index in [9.17, 15) is 18.8 Å². The Bertz CT molecular complexity index is 897. The van der Waals surface area contributed by atoms with E-state index in [1.165, 1.54) is 17.0 Å². The normalized spacial score (nSPS) is 24.9. The van der Waals surface area contributed by atoms with Crippen molar-refractivity contribution in [1.82, 2.24) is 20.0 Å². The molecule has 33 heavy (non-hydrogen) atoms. The van der Waals surface area contributed by atoms with Crippen molar-refractivity contribution in [3.63, 3.8) is 0 Å². The second-order valence-corrected chi connectivity index (χ2v) is 9.48. The lowest BCUT2D eigenvalue weighted by atomic mass is 9.79. The Morgan fingerprint density at radius 2 is 1.88 bits per heavy atom. The largest absolute Gasteiger partial charge is 0.379 e. The van der Waals surface area contributed by atoms with Gasteiger partial charge >= 0.3 is 6.03 Å². The fourth-order valence-electron chi connectivity index (χ4n) is 4.93. The second kappa shape index (κ2) is 9.95. The molecule has 1 aromatic rings. The van der Waals surface area contributed by atoms with E-state index in [-0.39, 0.29) is 40.8 Å². The fourth-order valence-corrected chi connectivity index (χ4v) is 5.16. The first-order valence-corrected chi connectivity index (χ1v) is 11.8. The summed E-state index contributed by atoms with van der Waals surface area (Å²) in [5.74, 6) is -0.971. The molecule has 4 amide bonds. The Morgan fingerprint density at radius 3 is 2.55 bits per heavy atom. The van der Waals surface area contributed by atoms with Crippen LogP contribution in [-0.4, -0.2) is 90.6 Å². The predicted octanol–water partition coefficient (Wildman–Crippen LogP) is 1.90. The zero-order chi connectivity index (χ0) is 23.6. The molecule has 0 saturated carbocycles. The molecule has 0 bridgehead atoms. The van der Waals surface area contributed by atoms with Crippen LogP contribution in [0.5, 0.6) is 0 Å². The van der Waals surface area contributed by atoms with E-state index in [0.29, 0.717) is 52.2 Å². The average Bonchev–Trinajstić information content (AvgIpc) is 3.04. The van der Waals surface area contributed by atoms with Gasteiger partial charge < -0.3 is 15.0 Å². The first kappa shape index (κ1) is 23.9. The minimum absolute atomic E-state index is 0.0802. The average molecular weight is 481 g/mol. The monoisotopic (exact) mass is 480 g/mol. The van der Waals surface area contributed by atoms with Crippen LogP contribution in [0.1, 0.15) is 25.3 Å². The molecule has 1 N–H and O–H groups in total. The molecule has 10 heteroatoms. The van der Waals surface area contributed by atoms with Crippen molar-refractivity contribution in [1.29, 1.82) is 0 Å². The van der Waals surface area contributed by atoms with Gasteiger partial charge in [-0.15, -0.1) is 0 Å². The summed E-state index contributed by atoms with van der Waals surface area (Å²) < 4.78 is 19.4.